The molecular formula is C25H19Cl2IN2O3S. The Kier molecular flexibility index (Phi) is 8.41. The van der Waals surface area contributed by atoms with Gasteiger partial charge in [0, 0.05) is 5.02 Å². The molecule has 1 heterocycles. The molecule has 1 amide bonds. The second kappa shape index (κ2) is 11.5. The first-order chi connectivity index (χ1) is 16.4. The van der Waals surface area contributed by atoms with Crippen molar-refractivity contribution in [3.63, 3.8) is 0 Å². The van der Waals surface area contributed by atoms with Crippen molar-refractivity contribution in [2.75, 3.05) is 6.61 Å². The summed E-state index contributed by atoms with van der Waals surface area (Å²) in [4.78, 5) is 17.5. The van der Waals surface area contributed by atoms with E-state index in [0.717, 1.165) is 14.7 Å². The Morgan fingerprint density at radius 3 is 2.65 bits per heavy atom. The molecule has 0 bridgehead atoms. The van der Waals surface area contributed by atoms with Crippen LogP contribution in [0.3, 0.4) is 0 Å². The maximum atomic E-state index is 12.6. The highest BCUT2D eigenvalue weighted by Gasteiger charge is 2.24. The third-order valence-corrected chi connectivity index (χ3v) is 6.90. The molecular weight excluding hydrogens is 606 g/mol. The molecule has 0 unspecified atom stereocenters. The van der Waals surface area contributed by atoms with Crippen molar-refractivity contribution < 1.29 is 14.3 Å². The Bertz CT molecular complexity index is 1280. The molecule has 1 saturated heterocycles. The first kappa shape index (κ1) is 24.9. The van der Waals surface area contributed by atoms with Crippen LogP contribution in [0, 0.1) is 3.57 Å². The van der Waals surface area contributed by atoms with E-state index in [-0.39, 0.29) is 5.91 Å². The second-order valence-electron chi connectivity index (χ2n) is 7.11. The van der Waals surface area contributed by atoms with Crippen LogP contribution in [0.15, 0.2) is 70.6 Å². The highest BCUT2D eigenvalue weighted by Crippen LogP contribution is 2.37. The number of carbonyl (C=O) groups excluding carboxylic acids is 1. The number of hydrogen-bond acceptors (Lipinski definition) is 5. The molecule has 0 radical (unpaired) electrons. The minimum Gasteiger partial charge on any atom is -0.490 e. The number of nitrogens with zero attached hydrogens (tertiary/aromatic N) is 1. The van der Waals surface area contributed by atoms with Crippen molar-refractivity contribution in [2.24, 2.45) is 4.99 Å². The van der Waals surface area contributed by atoms with Gasteiger partial charge in [-0.2, -0.15) is 0 Å². The Balaban J connectivity index is 1.57. The van der Waals surface area contributed by atoms with Gasteiger partial charge in [0.25, 0.3) is 5.91 Å². The van der Waals surface area contributed by atoms with Gasteiger partial charge >= 0.3 is 0 Å². The Morgan fingerprint density at radius 2 is 1.88 bits per heavy atom. The van der Waals surface area contributed by atoms with Crippen LogP contribution in [-0.4, -0.2) is 17.7 Å². The van der Waals surface area contributed by atoms with Gasteiger partial charge in [-0.05, 0) is 88.8 Å². The van der Waals surface area contributed by atoms with Crippen molar-refractivity contribution in [1.82, 2.24) is 5.32 Å². The van der Waals surface area contributed by atoms with Gasteiger partial charge in [0.1, 0.15) is 6.61 Å². The number of nitrogens with one attached hydrogen (secondary N) is 1. The maximum Gasteiger partial charge on any atom is 0.264 e. The number of hydrogen-bond donors (Lipinski definition) is 1. The second-order valence-corrected chi connectivity index (χ2v) is 10.2. The predicted octanol–water partition coefficient (Wildman–Crippen LogP) is 7.47. The van der Waals surface area contributed by atoms with Crippen molar-refractivity contribution in [2.45, 2.75) is 13.5 Å². The zero-order chi connectivity index (χ0) is 24.1. The van der Waals surface area contributed by atoms with Gasteiger partial charge in [0.15, 0.2) is 16.7 Å². The van der Waals surface area contributed by atoms with E-state index in [2.05, 4.69) is 32.9 Å². The van der Waals surface area contributed by atoms with Crippen LogP contribution in [0.1, 0.15) is 18.1 Å². The fourth-order valence-electron chi connectivity index (χ4n) is 3.12. The summed E-state index contributed by atoms with van der Waals surface area (Å²) in [6.45, 7) is 2.84. The van der Waals surface area contributed by atoms with E-state index < -0.39 is 0 Å². The summed E-state index contributed by atoms with van der Waals surface area (Å²) in [6.07, 6.45) is 1.80. The summed E-state index contributed by atoms with van der Waals surface area (Å²) in [5.74, 6) is 1.06. The summed E-state index contributed by atoms with van der Waals surface area (Å²) in [6, 6.07) is 18.8. The van der Waals surface area contributed by atoms with Crippen molar-refractivity contribution in [3.05, 3.63) is 90.3 Å². The summed E-state index contributed by atoms with van der Waals surface area (Å²) in [5, 5.41) is 4.17. The standard InChI is InChI=1S/C25H19Cl2IN2O3S/c1-2-32-21-11-16(10-19(28)23(21)33-14-15-6-4-3-5-7-15)12-22-24(31)30-25(34-22)29-20-13-17(26)8-9-18(20)27/h3-13H,2,14H2,1H3,(H,29,30,31)/b22-12+. The third kappa shape index (κ3) is 6.27. The Morgan fingerprint density at radius 1 is 1.09 bits per heavy atom. The molecule has 1 aliphatic rings. The summed E-state index contributed by atoms with van der Waals surface area (Å²) in [5.41, 5.74) is 2.38. The number of rotatable bonds is 7. The van der Waals surface area contributed by atoms with Crippen LogP contribution in [0.2, 0.25) is 10.0 Å². The number of ether oxygens (including phenoxy) is 2. The summed E-state index contributed by atoms with van der Waals surface area (Å²) < 4.78 is 12.8. The van der Waals surface area contributed by atoms with Crippen molar-refractivity contribution in [3.8, 4) is 11.5 Å². The average molecular weight is 625 g/mol. The Hall–Kier alpha value is -2.20. The van der Waals surface area contributed by atoms with E-state index in [0.29, 0.717) is 50.5 Å². The van der Waals surface area contributed by atoms with E-state index in [1.54, 1.807) is 24.3 Å². The molecule has 0 aromatic heterocycles. The van der Waals surface area contributed by atoms with Crippen LogP contribution < -0.4 is 14.8 Å². The molecule has 1 N–H and O–H groups in total. The number of carbonyl (C=O) groups is 1. The monoisotopic (exact) mass is 624 g/mol. The highest BCUT2D eigenvalue weighted by molar-refractivity contribution is 14.1. The average Bonchev–Trinajstić information content (AvgIpc) is 3.15. The predicted molar refractivity (Wildman–Crippen MR) is 148 cm³/mol. The van der Waals surface area contributed by atoms with E-state index >= 15 is 0 Å². The van der Waals surface area contributed by atoms with Gasteiger partial charge in [-0.3, -0.25) is 4.79 Å². The molecule has 0 saturated carbocycles. The molecule has 174 valence electrons. The largest absolute Gasteiger partial charge is 0.490 e. The number of amides is 1. The maximum absolute atomic E-state index is 12.6. The topological polar surface area (TPSA) is 59.9 Å². The number of benzene rings is 3. The quantitative estimate of drug-likeness (QED) is 0.219. The van der Waals surface area contributed by atoms with Crippen molar-refractivity contribution in [1.29, 1.82) is 0 Å². The molecule has 0 atom stereocenters. The van der Waals surface area contributed by atoms with E-state index in [1.807, 2.05) is 49.4 Å². The first-order valence-electron chi connectivity index (χ1n) is 10.3. The molecule has 34 heavy (non-hydrogen) atoms. The molecule has 9 heteroatoms. The van der Waals surface area contributed by atoms with Crippen LogP contribution in [0.25, 0.3) is 6.08 Å². The first-order valence-corrected chi connectivity index (χ1v) is 13.0. The lowest BCUT2D eigenvalue weighted by Crippen LogP contribution is -2.19. The summed E-state index contributed by atoms with van der Waals surface area (Å²) >= 11 is 15.7. The molecule has 3 aromatic carbocycles. The number of halogens is 3. The van der Waals surface area contributed by atoms with E-state index in [9.17, 15) is 4.79 Å². The van der Waals surface area contributed by atoms with Gasteiger partial charge in [0.2, 0.25) is 0 Å². The third-order valence-electron chi connectivity index (χ3n) is 4.64. The van der Waals surface area contributed by atoms with Crippen LogP contribution in [0.5, 0.6) is 11.5 Å². The minimum atomic E-state index is -0.237. The lowest BCUT2D eigenvalue weighted by atomic mass is 10.2. The molecule has 5 nitrogen and oxygen atoms in total. The normalized spacial score (nSPS) is 15.6. The van der Waals surface area contributed by atoms with Gasteiger partial charge in [-0.25, -0.2) is 4.99 Å². The van der Waals surface area contributed by atoms with Gasteiger partial charge in [-0.15, -0.1) is 0 Å². The van der Waals surface area contributed by atoms with Gasteiger partial charge in [-0.1, -0.05) is 53.5 Å². The number of aliphatic imine (C=N–C) groups is 1. The van der Waals surface area contributed by atoms with E-state index in [1.165, 1.54) is 11.8 Å². The molecule has 3 aromatic rings. The zero-order valence-electron chi connectivity index (χ0n) is 18.0. The minimum absolute atomic E-state index is 0.237. The van der Waals surface area contributed by atoms with Gasteiger partial charge < -0.3 is 14.8 Å². The van der Waals surface area contributed by atoms with Gasteiger partial charge in [0.05, 0.1) is 25.8 Å². The fourth-order valence-corrected chi connectivity index (χ4v) is 5.06. The van der Waals surface area contributed by atoms with E-state index in [4.69, 9.17) is 32.7 Å². The van der Waals surface area contributed by atoms with Crippen molar-refractivity contribution >= 4 is 80.4 Å². The zero-order valence-corrected chi connectivity index (χ0v) is 22.5. The molecule has 0 aliphatic carbocycles. The molecule has 1 aliphatic heterocycles. The SMILES string of the molecule is CCOc1cc(/C=C2/SC(=Nc3cc(Cl)ccc3Cl)NC2=O)cc(I)c1OCc1ccccc1. The molecule has 0 spiro atoms. The number of amidine groups is 1. The van der Waals surface area contributed by atoms with Crippen LogP contribution in [0.4, 0.5) is 5.69 Å². The molecule has 4 rings (SSSR count). The lowest BCUT2D eigenvalue weighted by Gasteiger charge is -2.15. The van der Waals surface area contributed by atoms with Crippen LogP contribution >= 0.6 is 57.6 Å². The highest BCUT2D eigenvalue weighted by atomic mass is 127. The van der Waals surface area contributed by atoms with Crippen LogP contribution in [-0.2, 0) is 11.4 Å². The smallest absolute Gasteiger partial charge is 0.264 e. The lowest BCUT2D eigenvalue weighted by molar-refractivity contribution is -0.115. The number of thioether (sulfide) groups is 1. The summed E-state index contributed by atoms with van der Waals surface area (Å²) in [7, 11) is 0. The fraction of sp³-hybridized carbons (Fsp3) is 0.120. The molecule has 1 fully saturated rings. The Labute approximate surface area is 225 Å².